The minimum Gasteiger partial charge on any atom is -0.392 e. The fourth-order valence-corrected chi connectivity index (χ4v) is 2.86. The van der Waals surface area contributed by atoms with Crippen LogP contribution in [0.5, 0.6) is 0 Å². The Balaban J connectivity index is 1.86. The number of hydrogen-bond donors (Lipinski definition) is 2. The highest BCUT2D eigenvalue weighted by Gasteiger charge is 2.26. The molecule has 0 aromatic heterocycles. The topological polar surface area (TPSA) is 61.8 Å². The second-order valence-electron chi connectivity index (χ2n) is 5.76. The van der Waals surface area contributed by atoms with Gasteiger partial charge in [-0.15, -0.1) is 0 Å². The number of carbonyl (C=O) groups excluding carboxylic acids is 1. The number of ether oxygens (including phenoxy) is 1. The summed E-state index contributed by atoms with van der Waals surface area (Å²) < 4.78 is 5.14. The van der Waals surface area contributed by atoms with E-state index in [1.807, 2.05) is 29.2 Å². The number of rotatable bonds is 6. The van der Waals surface area contributed by atoms with Gasteiger partial charge in [-0.05, 0) is 36.8 Å². The predicted molar refractivity (Wildman–Crippen MR) is 85.4 cm³/mol. The van der Waals surface area contributed by atoms with Crippen molar-refractivity contribution in [3.8, 4) is 0 Å². The van der Waals surface area contributed by atoms with Gasteiger partial charge in [-0.3, -0.25) is 0 Å². The van der Waals surface area contributed by atoms with Crippen molar-refractivity contribution < 1.29 is 14.6 Å². The van der Waals surface area contributed by atoms with Crippen molar-refractivity contribution in [3.63, 3.8) is 0 Å². The summed E-state index contributed by atoms with van der Waals surface area (Å²) in [4.78, 5) is 14.4. The Morgan fingerprint density at radius 3 is 2.73 bits per heavy atom. The Hall–Kier alpha value is -1.59. The number of nitrogens with zero attached hydrogens (tertiary/aromatic N) is 1. The zero-order valence-corrected chi connectivity index (χ0v) is 13.3. The summed E-state index contributed by atoms with van der Waals surface area (Å²) in [5.41, 5.74) is 1.92. The van der Waals surface area contributed by atoms with Crippen molar-refractivity contribution in [2.75, 3.05) is 20.3 Å². The molecular weight excluding hydrogens is 280 g/mol. The summed E-state index contributed by atoms with van der Waals surface area (Å²) >= 11 is 0. The average Bonchev–Trinajstić information content (AvgIpc) is 2.58. The minimum atomic E-state index is 0.00652. The van der Waals surface area contributed by atoms with Crippen molar-refractivity contribution >= 4 is 6.03 Å². The smallest absolute Gasteiger partial charge is 0.317 e. The van der Waals surface area contributed by atoms with Gasteiger partial charge in [0.05, 0.1) is 6.61 Å². The van der Waals surface area contributed by atoms with Gasteiger partial charge in [-0.1, -0.05) is 24.3 Å². The molecule has 1 unspecified atom stereocenters. The van der Waals surface area contributed by atoms with Gasteiger partial charge < -0.3 is 20.1 Å². The maximum atomic E-state index is 12.4. The summed E-state index contributed by atoms with van der Waals surface area (Å²) in [6.45, 7) is 2.07. The van der Waals surface area contributed by atoms with Crippen molar-refractivity contribution in [2.45, 2.75) is 44.9 Å². The van der Waals surface area contributed by atoms with Gasteiger partial charge in [0.25, 0.3) is 0 Å². The van der Waals surface area contributed by atoms with Gasteiger partial charge in [0.15, 0.2) is 0 Å². The molecule has 1 saturated heterocycles. The lowest BCUT2D eigenvalue weighted by atomic mass is 10.00. The van der Waals surface area contributed by atoms with Crippen molar-refractivity contribution in [3.05, 3.63) is 35.4 Å². The SMILES string of the molecule is COCCC1CCCCN1C(=O)NCc1ccc(CO)cc1. The largest absolute Gasteiger partial charge is 0.392 e. The minimum absolute atomic E-state index is 0.00652. The summed E-state index contributed by atoms with van der Waals surface area (Å²) in [7, 11) is 1.70. The van der Waals surface area contributed by atoms with Crippen LogP contribution in [0.15, 0.2) is 24.3 Å². The molecule has 122 valence electrons. The number of methoxy groups -OCH3 is 1. The van der Waals surface area contributed by atoms with Crippen LogP contribution in [0.25, 0.3) is 0 Å². The average molecular weight is 306 g/mol. The summed E-state index contributed by atoms with van der Waals surface area (Å²) in [5.74, 6) is 0. The van der Waals surface area contributed by atoms with E-state index in [0.717, 1.165) is 36.9 Å². The molecule has 1 atom stereocenters. The van der Waals surface area contributed by atoms with Crippen LogP contribution in [0.3, 0.4) is 0 Å². The molecule has 1 aliphatic heterocycles. The first kappa shape index (κ1) is 16.8. The van der Waals surface area contributed by atoms with E-state index in [9.17, 15) is 4.79 Å². The van der Waals surface area contributed by atoms with Crippen LogP contribution in [0.1, 0.15) is 36.8 Å². The van der Waals surface area contributed by atoms with Gasteiger partial charge in [-0.2, -0.15) is 0 Å². The molecule has 0 aliphatic carbocycles. The Labute approximate surface area is 132 Å². The van der Waals surface area contributed by atoms with E-state index >= 15 is 0 Å². The highest BCUT2D eigenvalue weighted by atomic mass is 16.5. The lowest BCUT2D eigenvalue weighted by Crippen LogP contribution is -2.48. The number of likely N-dealkylation sites (tertiary alicyclic amines) is 1. The predicted octanol–water partition coefficient (Wildman–Crippen LogP) is 2.28. The van der Waals surface area contributed by atoms with E-state index in [0.29, 0.717) is 13.2 Å². The number of amides is 2. The third-order valence-electron chi connectivity index (χ3n) is 4.19. The van der Waals surface area contributed by atoms with Gasteiger partial charge in [0, 0.05) is 32.8 Å². The fourth-order valence-electron chi connectivity index (χ4n) is 2.86. The maximum absolute atomic E-state index is 12.4. The number of urea groups is 1. The van der Waals surface area contributed by atoms with Crippen LogP contribution < -0.4 is 5.32 Å². The molecule has 5 nitrogen and oxygen atoms in total. The molecule has 0 bridgehead atoms. The molecule has 2 amide bonds. The van der Waals surface area contributed by atoms with Crippen LogP contribution in [0.2, 0.25) is 0 Å². The Morgan fingerprint density at radius 1 is 1.32 bits per heavy atom. The fraction of sp³-hybridized carbons (Fsp3) is 0.588. The molecule has 0 saturated carbocycles. The normalized spacial score (nSPS) is 18.3. The van der Waals surface area contributed by atoms with Crippen molar-refractivity contribution in [2.24, 2.45) is 0 Å². The molecule has 1 aromatic carbocycles. The highest BCUT2D eigenvalue weighted by molar-refractivity contribution is 5.74. The first-order valence-corrected chi connectivity index (χ1v) is 7.96. The number of carbonyl (C=O) groups is 1. The molecule has 2 rings (SSSR count). The van der Waals surface area contributed by atoms with Crippen LogP contribution in [0.4, 0.5) is 4.79 Å². The van der Waals surface area contributed by atoms with Crippen LogP contribution in [0, 0.1) is 0 Å². The van der Waals surface area contributed by atoms with E-state index < -0.39 is 0 Å². The third-order valence-corrected chi connectivity index (χ3v) is 4.19. The van der Waals surface area contributed by atoms with E-state index in [1.165, 1.54) is 6.42 Å². The van der Waals surface area contributed by atoms with Crippen LogP contribution in [-0.2, 0) is 17.9 Å². The van der Waals surface area contributed by atoms with Crippen molar-refractivity contribution in [1.29, 1.82) is 0 Å². The van der Waals surface area contributed by atoms with Gasteiger partial charge in [-0.25, -0.2) is 4.79 Å². The molecule has 1 aliphatic rings. The van der Waals surface area contributed by atoms with Crippen molar-refractivity contribution in [1.82, 2.24) is 10.2 Å². The standard InChI is InChI=1S/C17H26N2O3/c1-22-11-9-16-4-2-3-10-19(16)17(21)18-12-14-5-7-15(13-20)8-6-14/h5-8,16,20H,2-4,9-13H2,1H3,(H,18,21). The van der Waals surface area contributed by atoms with Crippen LogP contribution >= 0.6 is 0 Å². The number of aliphatic hydroxyl groups excluding tert-OH is 1. The Kier molecular flexibility index (Phi) is 6.68. The molecule has 1 aromatic rings. The van der Waals surface area contributed by atoms with Gasteiger partial charge >= 0.3 is 6.03 Å². The molecule has 0 spiro atoms. The van der Waals surface area contributed by atoms with Crippen LogP contribution in [-0.4, -0.2) is 42.3 Å². The van der Waals surface area contributed by atoms with Gasteiger partial charge in [0.1, 0.15) is 0 Å². The molecule has 1 heterocycles. The highest BCUT2D eigenvalue weighted by Crippen LogP contribution is 2.19. The number of nitrogens with one attached hydrogen (secondary N) is 1. The molecule has 2 N–H and O–H groups in total. The van der Waals surface area contributed by atoms with E-state index in [-0.39, 0.29) is 18.7 Å². The monoisotopic (exact) mass is 306 g/mol. The van der Waals surface area contributed by atoms with Gasteiger partial charge in [0.2, 0.25) is 0 Å². The zero-order chi connectivity index (χ0) is 15.8. The summed E-state index contributed by atoms with van der Waals surface area (Å²) in [5, 5.41) is 12.0. The lowest BCUT2D eigenvalue weighted by molar-refractivity contribution is 0.116. The number of hydrogen-bond acceptors (Lipinski definition) is 3. The maximum Gasteiger partial charge on any atom is 0.317 e. The Bertz CT molecular complexity index is 461. The molecule has 22 heavy (non-hydrogen) atoms. The van der Waals surface area contributed by atoms with E-state index in [2.05, 4.69) is 5.32 Å². The third kappa shape index (κ3) is 4.71. The Morgan fingerprint density at radius 2 is 2.05 bits per heavy atom. The zero-order valence-electron chi connectivity index (χ0n) is 13.3. The summed E-state index contributed by atoms with van der Waals surface area (Å²) in [6, 6.07) is 7.92. The quantitative estimate of drug-likeness (QED) is 0.847. The second-order valence-corrected chi connectivity index (χ2v) is 5.76. The molecule has 5 heteroatoms. The number of piperidine rings is 1. The van der Waals surface area contributed by atoms with E-state index in [4.69, 9.17) is 9.84 Å². The number of aliphatic hydroxyl groups is 1. The molecule has 1 fully saturated rings. The molecular formula is C17H26N2O3. The summed E-state index contributed by atoms with van der Waals surface area (Å²) in [6.07, 6.45) is 4.21. The number of benzene rings is 1. The lowest BCUT2D eigenvalue weighted by Gasteiger charge is -2.35. The van der Waals surface area contributed by atoms with E-state index in [1.54, 1.807) is 7.11 Å². The second kappa shape index (κ2) is 8.76. The molecule has 0 radical (unpaired) electrons. The first-order valence-electron chi connectivity index (χ1n) is 7.96. The first-order chi connectivity index (χ1) is 10.7.